The second-order valence-electron chi connectivity index (χ2n) is 3.02. The summed E-state index contributed by atoms with van der Waals surface area (Å²) in [5.74, 6) is -1.80. The highest BCUT2D eigenvalue weighted by molar-refractivity contribution is 7.80. The number of likely N-dealkylation sites (N-methyl/N-ethyl adjacent to an activating group) is 1. The summed E-state index contributed by atoms with van der Waals surface area (Å²) in [5, 5.41) is 10.9. The van der Waals surface area contributed by atoms with E-state index in [2.05, 4.69) is 17.9 Å². The summed E-state index contributed by atoms with van der Waals surface area (Å²) in [7, 11) is 1.36. The van der Waals surface area contributed by atoms with Crippen LogP contribution in [0, 0.1) is 0 Å². The molecule has 7 heteroatoms. The van der Waals surface area contributed by atoms with Gasteiger partial charge >= 0.3 is 5.97 Å². The Labute approximate surface area is 93.0 Å². The zero-order valence-corrected chi connectivity index (χ0v) is 9.45. The SMILES string of the molecule is CC(=O)N[C@H](CS)C(=O)N(C)CC(=O)O. The van der Waals surface area contributed by atoms with Crippen molar-refractivity contribution in [2.75, 3.05) is 19.3 Å². The van der Waals surface area contributed by atoms with Crippen molar-refractivity contribution in [1.29, 1.82) is 0 Å². The molecule has 1 atom stereocenters. The Balaban J connectivity index is 4.36. The smallest absolute Gasteiger partial charge is 0.323 e. The third kappa shape index (κ3) is 5.26. The molecule has 0 aliphatic carbocycles. The highest BCUT2D eigenvalue weighted by Crippen LogP contribution is 1.95. The van der Waals surface area contributed by atoms with Crippen LogP contribution < -0.4 is 5.32 Å². The van der Waals surface area contributed by atoms with Gasteiger partial charge in [0.15, 0.2) is 0 Å². The van der Waals surface area contributed by atoms with Crippen LogP contribution in [-0.4, -0.2) is 53.2 Å². The number of carbonyl (C=O) groups is 3. The lowest BCUT2D eigenvalue weighted by Gasteiger charge is -2.21. The van der Waals surface area contributed by atoms with E-state index in [1.807, 2.05) is 0 Å². The Hall–Kier alpha value is -1.24. The van der Waals surface area contributed by atoms with E-state index in [4.69, 9.17) is 5.11 Å². The van der Waals surface area contributed by atoms with Crippen molar-refractivity contribution < 1.29 is 19.5 Å². The zero-order chi connectivity index (χ0) is 12.0. The molecule has 2 N–H and O–H groups in total. The van der Waals surface area contributed by atoms with Crippen molar-refractivity contribution in [3.05, 3.63) is 0 Å². The van der Waals surface area contributed by atoms with Gasteiger partial charge in [-0.15, -0.1) is 0 Å². The van der Waals surface area contributed by atoms with Gasteiger partial charge in [0, 0.05) is 19.7 Å². The van der Waals surface area contributed by atoms with Crippen molar-refractivity contribution in [3.8, 4) is 0 Å². The molecule has 0 aromatic rings. The number of nitrogens with one attached hydrogen (secondary N) is 1. The lowest BCUT2D eigenvalue weighted by Crippen LogP contribution is -2.49. The number of carboxylic acid groups (broad SMARTS) is 1. The largest absolute Gasteiger partial charge is 0.480 e. The molecule has 86 valence electrons. The average Bonchev–Trinajstić information content (AvgIpc) is 2.11. The van der Waals surface area contributed by atoms with E-state index in [0.717, 1.165) is 4.90 Å². The summed E-state index contributed by atoms with van der Waals surface area (Å²) in [6, 6.07) is -0.782. The number of carbonyl (C=O) groups excluding carboxylic acids is 2. The molecule has 6 nitrogen and oxygen atoms in total. The highest BCUT2D eigenvalue weighted by atomic mass is 32.1. The topological polar surface area (TPSA) is 86.7 Å². The van der Waals surface area contributed by atoms with Crippen LogP contribution in [0.1, 0.15) is 6.92 Å². The normalized spacial score (nSPS) is 11.7. The van der Waals surface area contributed by atoms with E-state index in [1.54, 1.807) is 0 Å². The fraction of sp³-hybridized carbons (Fsp3) is 0.625. The number of hydrogen-bond donors (Lipinski definition) is 3. The molecule has 0 aliphatic heterocycles. The van der Waals surface area contributed by atoms with Gasteiger partial charge in [-0.3, -0.25) is 14.4 Å². The van der Waals surface area contributed by atoms with Crippen molar-refractivity contribution >= 4 is 30.4 Å². The maximum atomic E-state index is 11.5. The van der Waals surface area contributed by atoms with Gasteiger partial charge in [0.25, 0.3) is 0 Å². The first-order chi connectivity index (χ1) is 6.88. The zero-order valence-electron chi connectivity index (χ0n) is 8.56. The molecule has 0 spiro atoms. The number of nitrogens with zero attached hydrogens (tertiary/aromatic N) is 1. The van der Waals surface area contributed by atoms with Gasteiger partial charge in [-0.1, -0.05) is 0 Å². The number of thiol groups is 1. The molecular formula is C8H14N2O4S. The van der Waals surface area contributed by atoms with Gasteiger partial charge < -0.3 is 15.3 Å². The van der Waals surface area contributed by atoms with E-state index < -0.39 is 24.5 Å². The molecular weight excluding hydrogens is 220 g/mol. The Morgan fingerprint density at radius 1 is 1.47 bits per heavy atom. The van der Waals surface area contributed by atoms with Crippen LogP contribution in [0.4, 0.5) is 0 Å². The second-order valence-corrected chi connectivity index (χ2v) is 3.39. The van der Waals surface area contributed by atoms with Crippen LogP contribution in [0.5, 0.6) is 0 Å². The minimum atomic E-state index is -1.11. The summed E-state index contributed by atoms with van der Waals surface area (Å²) >= 11 is 3.91. The first kappa shape index (κ1) is 13.8. The Morgan fingerprint density at radius 2 is 2.00 bits per heavy atom. The van der Waals surface area contributed by atoms with Crippen LogP contribution in [-0.2, 0) is 14.4 Å². The van der Waals surface area contributed by atoms with Crippen molar-refractivity contribution in [3.63, 3.8) is 0 Å². The van der Waals surface area contributed by atoms with Crippen LogP contribution in [0.15, 0.2) is 0 Å². The Morgan fingerprint density at radius 3 is 2.33 bits per heavy atom. The molecule has 0 radical (unpaired) electrons. The fourth-order valence-electron chi connectivity index (χ4n) is 0.978. The Bertz CT molecular complexity index is 269. The van der Waals surface area contributed by atoms with Crippen LogP contribution in [0.25, 0.3) is 0 Å². The maximum Gasteiger partial charge on any atom is 0.323 e. The number of hydrogen-bond acceptors (Lipinski definition) is 4. The van der Waals surface area contributed by atoms with Gasteiger partial charge in [0.05, 0.1) is 0 Å². The Kier molecular flexibility index (Phi) is 5.76. The predicted molar refractivity (Wildman–Crippen MR) is 56.7 cm³/mol. The molecule has 0 heterocycles. The van der Waals surface area contributed by atoms with Gasteiger partial charge in [-0.2, -0.15) is 12.6 Å². The lowest BCUT2D eigenvalue weighted by molar-refractivity contribution is -0.144. The molecule has 0 bridgehead atoms. The van der Waals surface area contributed by atoms with Crippen LogP contribution in [0.3, 0.4) is 0 Å². The minimum Gasteiger partial charge on any atom is -0.480 e. The highest BCUT2D eigenvalue weighted by Gasteiger charge is 2.22. The van der Waals surface area contributed by atoms with Crippen molar-refractivity contribution in [2.24, 2.45) is 0 Å². The third-order valence-corrected chi connectivity index (χ3v) is 1.97. The van der Waals surface area contributed by atoms with Crippen molar-refractivity contribution in [2.45, 2.75) is 13.0 Å². The summed E-state index contributed by atoms with van der Waals surface area (Å²) < 4.78 is 0. The third-order valence-electron chi connectivity index (χ3n) is 1.61. The van der Waals surface area contributed by atoms with E-state index in [-0.39, 0.29) is 11.7 Å². The molecule has 0 saturated carbocycles. The van der Waals surface area contributed by atoms with E-state index >= 15 is 0 Å². The molecule has 0 fully saturated rings. The van der Waals surface area contributed by atoms with E-state index in [1.165, 1.54) is 14.0 Å². The van der Waals surface area contributed by atoms with Gasteiger partial charge in [-0.05, 0) is 0 Å². The number of amides is 2. The molecule has 0 unspecified atom stereocenters. The molecule has 0 rings (SSSR count). The van der Waals surface area contributed by atoms with Crippen LogP contribution in [0.2, 0.25) is 0 Å². The first-order valence-electron chi connectivity index (χ1n) is 4.23. The van der Waals surface area contributed by atoms with Gasteiger partial charge in [0.1, 0.15) is 12.6 Å². The first-order valence-corrected chi connectivity index (χ1v) is 4.86. The minimum absolute atomic E-state index is 0.127. The lowest BCUT2D eigenvalue weighted by atomic mass is 10.3. The summed E-state index contributed by atoms with van der Waals surface area (Å²) in [5.41, 5.74) is 0. The average molecular weight is 234 g/mol. The van der Waals surface area contributed by atoms with Crippen molar-refractivity contribution in [1.82, 2.24) is 10.2 Å². The van der Waals surface area contributed by atoms with Crippen LogP contribution >= 0.6 is 12.6 Å². The molecule has 0 saturated heterocycles. The molecule has 0 aliphatic rings. The fourth-order valence-corrected chi connectivity index (χ4v) is 1.23. The second kappa shape index (κ2) is 6.28. The number of rotatable bonds is 5. The number of carboxylic acids is 1. The summed E-state index contributed by atoms with van der Waals surface area (Å²) in [6.45, 7) is 0.879. The quantitative estimate of drug-likeness (QED) is 0.531. The summed E-state index contributed by atoms with van der Waals surface area (Å²) in [6.07, 6.45) is 0. The summed E-state index contributed by atoms with van der Waals surface area (Å²) in [4.78, 5) is 33.6. The van der Waals surface area contributed by atoms with Gasteiger partial charge in [-0.25, -0.2) is 0 Å². The van der Waals surface area contributed by atoms with E-state index in [9.17, 15) is 14.4 Å². The molecule has 2 amide bonds. The molecule has 15 heavy (non-hydrogen) atoms. The maximum absolute atomic E-state index is 11.5. The predicted octanol–water partition coefficient (Wildman–Crippen LogP) is -1.04. The molecule has 0 aromatic carbocycles. The van der Waals surface area contributed by atoms with Gasteiger partial charge in [0.2, 0.25) is 11.8 Å². The van der Waals surface area contributed by atoms with E-state index in [0.29, 0.717) is 0 Å². The molecule has 0 aromatic heterocycles. The monoisotopic (exact) mass is 234 g/mol. The standard InChI is InChI=1S/C8H14N2O4S/c1-5(11)9-6(4-15)8(14)10(2)3-7(12)13/h6,15H,3-4H2,1-2H3,(H,9,11)(H,12,13)/t6-/m1/s1. The number of aliphatic carboxylic acids is 1.